The topological polar surface area (TPSA) is 77.0 Å². The molecule has 0 aromatic carbocycles. The van der Waals surface area contributed by atoms with Gasteiger partial charge in [-0.2, -0.15) is 18.3 Å². The van der Waals surface area contributed by atoms with Gasteiger partial charge in [-0.15, -0.1) is 0 Å². The van der Waals surface area contributed by atoms with Crippen molar-refractivity contribution in [3.05, 3.63) is 41.0 Å². The monoisotopic (exact) mass is 435 g/mol. The first-order chi connectivity index (χ1) is 14.6. The van der Waals surface area contributed by atoms with Crippen LogP contribution in [0.15, 0.2) is 23.0 Å². The Kier molecular flexibility index (Phi) is 5.49. The van der Waals surface area contributed by atoms with Gasteiger partial charge in [0.05, 0.1) is 22.8 Å². The fraction of sp³-hybridized carbons (Fsp3) is 0.524. The van der Waals surface area contributed by atoms with E-state index in [0.29, 0.717) is 25.1 Å². The fourth-order valence-corrected chi connectivity index (χ4v) is 4.01. The van der Waals surface area contributed by atoms with Crippen LogP contribution in [0.5, 0.6) is 0 Å². The van der Waals surface area contributed by atoms with Crippen LogP contribution < -0.4 is 0 Å². The summed E-state index contributed by atoms with van der Waals surface area (Å²) in [5, 5.41) is 8.01. The Morgan fingerprint density at radius 1 is 1.35 bits per heavy atom. The van der Waals surface area contributed by atoms with Crippen molar-refractivity contribution in [2.45, 2.75) is 58.2 Å². The Labute approximate surface area is 177 Å². The Morgan fingerprint density at radius 3 is 2.77 bits per heavy atom. The van der Waals surface area contributed by atoms with Gasteiger partial charge in [-0.05, 0) is 37.3 Å². The molecule has 0 bridgehead atoms. The predicted octanol–water partition coefficient (Wildman–Crippen LogP) is 4.28. The van der Waals surface area contributed by atoms with E-state index in [1.807, 2.05) is 6.92 Å². The molecule has 1 aliphatic heterocycles. The average Bonchev–Trinajstić information content (AvgIpc) is 3.32. The van der Waals surface area contributed by atoms with Crippen LogP contribution in [-0.2, 0) is 17.5 Å². The molecule has 1 aliphatic rings. The third kappa shape index (κ3) is 4.28. The molecule has 4 rings (SSSR count). The molecule has 4 heterocycles. The summed E-state index contributed by atoms with van der Waals surface area (Å²) >= 11 is 0. The van der Waals surface area contributed by atoms with E-state index in [1.54, 1.807) is 35.8 Å². The molecule has 1 atom stereocenters. The second kappa shape index (κ2) is 7.97. The lowest BCUT2D eigenvalue weighted by Gasteiger charge is -2.32. The minimum atomic E-state index is -4.56. The number of rotatable bonds is 4. The van der Waals surface area contributed by atoms with E-state index in [0.717, 1.165) is 11.6 Å². The molecule has 0 radical (unpaired) electrons. The minimum Gasteiger partial charge on any atom is -0.340 e. The molecule has 0 N–H and O–H groups in total. The van der Waals surface area contributed by atoms with Gasteiger partial charge in [0.25, 0.3) is 5.71 Å². The van der Waals surface area contributed by atoms with Crippen molar-refractivity contribution in [3.8, 4) is 0 Å². The zero-order valence-corrected chi connectivity index (χ0v) is 17.6. The van der Waals surface area contributed by atoms with E-state index in [9.17, 15) is 18.0 Å². The number of hydrogen-bond acceptors (Lipinski definition) is 5. The Hall–Kier alpha value is -2.91. The largest absolute Gasteiger partial charge is 0.417 e. The van der Waals surface area contributed by atoms with Crippen LogP contribution in [0.4, 0.5) is 13.2 Å². The van der Waals surface area contributed by atoms with Gasteiger partial charge in [-0.25, -0.2) is 4.98 Å². The molecule has 0 spiro atoms. The van der Waals surface area contributed by atoms with Crippen LogP contribution in [0.3, 0.4) is 0 Å². The van der Waals surface area contributed by atoms with Gasteiger partial charge >= 0.3 is 6.18 Å². The Bertz CT molecular complexity index is 1100. The number of alkyl halides is 3. The number of likely N-dealkylation sites (tertiary alicyclic amines) is 1. The summed E-state index contributed by atoms with van der Waals surface area (Å²) in [7, 11) is 0. The van der Waals surface area contributed by atoms with Gasteiger partial charge in [-0.1, -0.05) is 19.0 Å². The number of piperidine rings is 1. The molecular formula is C21H24F3N5O2. The highest BCUT2D eigenvalue weighted by atomic mass is 19.4. The van der Waals surface area contributed by atoms with Crippen molar-refractivity contribution in [2.75, 3.05) is 13.1 Å². The van der Waals surface area contributed by atoms with E-state index in [-0.39, 0.29) is 47.6 Å². The summed E-state index contributed by atoms with van der Waals surface area (Å²) in [5.41, 5.74) is 0.582. The van der Waals surface area contributed by atoms with Crippen LogP contribution in [0.1, 0.15) is 61.0 Å². The Balaban J connectivity index is 1.64. The molecule has 1 fully saturated rings. The van der Waals surface area contributed by atoms with Crippen molar-refractivity contribution < 1.29 is 22.5 Å². The molecule has 0 aliphatic carbocycles. The summed E-state index contributed by atoms with van der Waals surface area (Å²) < 4.78 is 48.4. The molecule has 1 amide bonds. The molecule has 31 heavy (non-hydrogen) atoms. The molecule has 3 aromatic heterocycles. The number of aromatic nitrogens is 4. The van der Waals surface area contributed by atoms with Crippen LogP contribution >= 0.6 is 0 Å². The molecule has 7 nitrogen and oxygen atoms in total. The van der Waals surface area contributed by atoms with Crippen molar-refractivity contribution in [1.82, 2.24) is 24.8 Å². The third-order valence-electron chi connectivity index (χ3n) is 5.61. The molecule has 3 aromatic rings. The van der Waals surface area contributed by atoms with E-state index in [4.69, 9.17) is 4.52 Å². The summed E-state index contributed by atoms with van der Waals surface area (Å²) in [6, 6.07) is 1.08. The lowest BCUT2D eigenvalue weighted by atomic mass is 9.91. The number of nitrogens with zero attached hydrogens (tertiary/aromatic N) is 5. The number of amides is 1. The van der Waals surface area contributed by atoms with Crippen LogP contribution in [0.2, 0.25) is 0 Å². The summed E-state index contributed by atoms with van der Waals surface area (Å²) in [6.07, 6.45) is 0.174. The highest BCUT2D eigenvalue weighted by Crippen LogP contribution is 2.40. The lowest BCUT2D eigenvalue weighted by Crippen LogP contribution is -2.41. The summed E-state index contributed by atoms with van der Waals surface area (Å²) in [5.74, 6) is -0.671. The minimum absolute atomic E-state index is 0.0905. The van der Waals surface area contributed by atoms with Crippen molar-refractivity contribution >= 4 is 17.0 Å². The standard InChI is InChI=1S/C21H24F3N5O2/c1-12(2)16-7-15(21(22,23)24)18-19(27-31-20(18)26-16)14-5-4-6-28(10-14)17(30)11-29-9-13(3)8-25-29/h7-9,12,14H,4-6,10-11H2,1-3H3/t14-/m1/s1. The summed E-state index contributed by atoms with van der Waals surface area (Å²) in [4.78, 5) is 18.6. The van der Waals surface area contributed by atoms with Gasteiger partial charge < -0.3 is 9.42 Å². The highest BCUT2D eigenvalue weighted by molar-refractivity contribution is 5.82. The number of carbonyl (C=O) groups is 1. The number of carbonyl (C=O) groups excluding carboxylic acids is 1. The SMILES string of the molecule is Cc1cnn(CC(=O)N2CCC[C@@H](c3noc4nc(C(C)C)cc(C(F)(F)F)c34)C2)c1. The fourth-order valence-electron chi connectivity index (χ4n) is 4.01. The zero-order valence-electron chi connectivity index (χ0n) is 17.6. The number of aryl methyl sites for hydroxylation is 1. The average molecular weight is 435 g/mol. The molecule has 10 heteroatoms. The van der Waals surface area contributed by atoms with E-state index >= 15 is 0 Å². The van der Waals surface area contributed by atoms with Crippen molar-refractivity contribution in [2.24, 2.45) is 0 Å². The normalized spacial score (nSPS) is 17.6. The van der Waals surface area contributed by atoms with E-state index in [2.05, 4.69) is 15.2 Å². The van der Waals surface area contributed by atoms with E-state index < -0.39 is 11.7 Å². The smallest absolute Gasteiger partial charge is 0.340 e. The summed E-state index contributed by atoms with van der Waals surface area (Å²) in [6.45, 7) is 6.36. The number of hydrogen-bond donors (Lipinski definition) is 0. The molecular weight excluding hydrogens is 411 g/mol. The van der Waals surface area contributed by atoms with Gasteiger partial charge in [0.2, 0.25) is 5.91 Å². The number of pyridine rings is 1. The third-order valence-corrected chi connectivity index (χ3v) is 5.61. The van der Waals surface area contributed by atoms with Crippen molar-refractivity contribution in [1.29, 1.82) is 0 Å². The Morgan fingerprint density at radius 2 is 2.13 bits per heavy atom. The second-order valence-corrected chi connectivity index (χ2v) is 8.39. The maximum atomic E-state index is 13.9. The lowest BCUT2D eigenvalue weighted by molar-refractivity contribution is -0.136. The maximum absolute atomic E-state index is 13.9. The molecule has 0 saturated carbocycles. The van der Waals surface area contributed by atoms with Crippen LogP contribution in [0, 0.1) is 6.92 Å². The maximum Gasteiger partial charge on any atom is 0.417 e. The van der Waals surface area contributed by atoms with Gasteiger partial charge in [-0.3, -0.25) is 9.48 Å². The number of fused-ring (bicyclic) bond motifs is 1. The quantitative estimate of drug-likeness (QED) is 0.612. The zero-order chi connectivity index (χ0) is 22.3. The second-order valence-electron chi connectivity index (χ2n) is 8.39. The highest BCUT2D eigenvalue weighted by Gasteiger charge is 2.38. The first kappa shape index (κ1) is 21.3. The molecule has 166 valence electrons. The van der Waals surface area contributed by atoms with Crippen molar-refractivity contribution in [3.63, 3.8) is 0 Å². The van der Waals surface area contributed by atoms with E-state index in [1.165, 1.54) is 0 Å². The van der Waals surface area contributed by atoms with Gasteiger partial charge in [0.15, 0.2) is 0 Å². The predicted molar refractivity (Wildman–Crippen MR) is 106 cm³/mol. The van der Waals surface area contributed by atoms with Crippen LogP contribution in [-0.4, -0.2) is 43.8 Å². The van der Waals surface area contributed by atoms with Crippen LogP contribution in [0.25, 0.3) is 11.1 Å². The molecule has 1 saturated heterocycles. The van der Waals surface area contributed by atoms with Gasteiger partial charge in [0, 0.05) is 30.9 Å². The van der Waals surface area contributed by atoms with Gasteiger partial charge in [0.1, 0.15) is 6.54 Å². The number of halogens is 3. The first-order valence-electron chi connectivity index (χ1n) is 10.3. The first-order valence-corrected chi connectivity index (χ1v) is 10.3. The molecule has 0 unspecified atom stereocenters.